The lowest BCUT2D eigenvalue weighted by molar-refractivity contribution is -0.147. The second-order valence-electron chi connectivity index (χ2n) is 15.7. The van der Waals surface area contributed by atoms with E-state index in [-0.39, 0.29) is 54.1 Å². The Bertz CT molecular complexity index is 1640. The number of nitrogens with zero attached hydrogens (tertiary/aromatic N) is 3. The van der Waals surface area contributed by atoms with E-state index in [0.29, 0.717) is 25.8 Å². The van der Waals surface area contributed by atoms with Gasteiger partial charge < -0.3 is 25.0 Å². The van der Waals surface area contributed by atoms with Crippen LogP contribution in [0, 0.1) is 17.8 Å². The number of hydrogen-bond acceptors (Lipinski definition) is 9. The fourth-order valence-electron chi connectivity index (χ4n) is 7.75. The van der Waals surface area contributed by atoms with Crippen LogP contribution in [0.15, 0.2) is 72.2 Å². The zero-order valence-electron chi connectivity index (χ0n) is 33.3. The summed E-state index contributed by atoms with van der Waals surface area (Å²) in [5.41, 5.74) is 7.02. The summed E-state index contributed by atoms with van der Waals surface area (Å²) in [5.74, 6) is -1.69. The van der Waals surface area contributed by atoms with E-state index in [9.17, 15) is 19.2 Å². The van der Waals surface area contributed by atoms with Crippen LogP contribution < -0.4 is 5.73 Å². The van der Waals surface area contributed by atoms with Gasteiger partial charge in [-0.15, -0.1) is 11.3 Å². The Hall–Kier alpha value is -3.77. The molecule has 0 aliphatic carbocycles. The van der Waals surface area contributed by atoms with E-state index in [2.05, 4.69) is 17.1 Å². The summed E-state index contributed by atoms with van der Waals surface area (Å²) >= 11 is 1.56. The van der Waals surface area contributed by atoms with E-state index >= 15 is 0 Å². The molecule has 1 fully saturated rings. The zero-order valence-corrected chi connectivity index (χ0v) is 34.1. The van der Waals surface area contributed by atoms with E-state index in [1.54, 1.807) is 57.5 Å². The highest BCUT2D eigenvalue weighted by atomic mass is 32.1. The van der Waals surface area contributed by atoms with Gasteiger partial charge in [-0.05, 0) is 50.2 Å². The molecule has 1 aliphatic heterocycles. The Morgan fingerprint density at radius 1 is 0.963 bits per heavy atom. The van der Waals surface area contributed by atoms with Crippen LogP contribution in [0.1, 0.15) is 94.8 Å². The van der Waals surface area contributed by atoms with Crippen LogP contribution in [0.4, 0.5) is 0 Å². The summed E-state index contributed by atoms with van der Waals surface area (Å²) in [5, 5.41) is 2.87. The second kappa shape index (κ2) is 19.7. The monoisotopic (exact) mass is 760 g/mol. The van der Waals surface area contributed by atoms with Crippen molar-refractivity contribution in [3.8, 4) is 0 Å². The first-order chi connectivity index (χ1) is 25.7. The maximum atomic E-state index is 14.3. The molecule has 0 spiro atoms. The van der Waals surface area contributed by atoms with Gasteiger partial charge >= 0.3 is 0 Å². The Labute approximate surface area is 325 Å². The molecular weight excluding hydrogens is 701 g/mol. The molecule has 2 aromatic carbocycles. The summed E-state index contributed by atoms with van der Waals surface area (Å²) in [6.07, 6.45) is 3.13. The normalized spacial score (nSPS) is 18.1. The van der Waals surface area contributed by atoms with Gasteiger partial charge in [0.15, 0.2) is 5.78 Å². The Balaban J connectivity index is 1.53. The molecular formula is C43H60N4O6S. The van der Waals surface area contributed by atoms with Gasteiger partial charge in [-0.2, -0.15) is 0 Å². The number of ether oxygens (including phenoxy) is 2. The van der Waals surface area contributed by atoms with Gasteiger partial charge in [0.1, 0.15) is 5.78 Å². The van der Waals surface area contributed by atoms with Crippen molar-refractivity contribution in [3.05, 3.63) is 88.4 Å². The quantitative estimate of drug-likeness (QED) is 0.136. The number of thiazole rings is 1. The summed E-state index contributed by atoms with van der Waals surface area (Å²) in [6, 6.07) is 18.8. The third-order valence-corrected chi connectivity index (χ3v) is 12.0. The smallest absolute Gasteiger partial charge is 0.226 e. The SMILES string of the molecule is CO[C@H]([C@@H](C)C(=O)C[C@@H](Cc1ccccc1)c1nccs1)[C@@H]1CCCN1C(=O)C[C@@H](OC)[C@H](c1ccccc1)N(C)C(=O)[C@@H](CC(=O)C(C)(C)N)C(C)C. The van der Waals surface area contributed by atoms with Gasteiger partial charge in [0, 0.05) is 70.0 Å². The first kappa shape index (κ1) is 43.0. The summed E-state index contributed by atoms with van der Waals surface area (Å²) in [7, 11) is 4.89. The molecule has 1 aromatic heterocycles. The molecule has 1 saturated heterocycles. The molecule has 3 aromatic rings. The van der Waals surface area contributed by atoms with Crippen molar-refractivity contribution >= 4 is 34.7 Å². The first-order valence-electron chi connectivity index (χ1n) is 19.1. The minimum atomic E-state index is -1.06. The van der Waals surface area contributed by atoms with Crippen LogP contribution in [0.25, 0.3) is 0 Å². The molecule has 2 N–H and O–H groups in total. The standard InChI is InChI=1S/C43H60N4O6S/c1-28(2)33(26-37(49)43(4,5)44)42(51)46(6)39(31-18-13-10-14-19-31)36(52-7)27-38(50)47-22-15-20-34(47)40(53-8)29(3)35(48)25-32(41-45-21-23-54-41)24-30-16-11-9-12-17-30/h9-14,16-19,21,23,28-29,32-34,36,39-40H,15,20,22,24-27,44H2,1-8H3/t29-,32+,33-,34-,36+,39-,40+/m0/s1. The summed E-state index contributed by atoms with van der Waals surface area (Å²) in [4.78, 5) is 63.6. The molecule has 4 rings (SSSR count). The first-order valence-corrected chi connectivity index (χ1v) is 20.0. The summed E-state index contributed by atoms with van der Waals surface area (Å²) < 4.78 is 12.1. The molecule has 10 nitrogen and oxygen atoms in total. The van der Waals surface area contributed by atoms with Crippen molar-refractivity contribution < 1.29 is 28.7 Å². The molecule has 0 radical (unpaired) electrons. The Morgan fingerprint density at radius 2 is 1.61 bits per heavy atom. The van der Waals surface area contributed by atoms with Gasteiger partial charge in [-0.1, -0.05) is 81.4 Å². The predicted molar refractivity (Wildman–Crippen MR) is 213 cm³/mol. The number of hydrogen-bond donors (Lipinski definition) is 1. The molecule has 0 unspecified atom stereocenters. The van der Waals surface area contributed by atoms with Gasteiger partial charge in [0.2, 0.25) is 11.8 Å². The van der Waals surface area contributed by atoms with Crippen molar-refractivity contribution in [2.45, 2.75) is 109 Å². The molecule has 54 heavy (non-hydrogen) atoms. The van der Waals surface area contributed by atoms with Crippen LogP contribution in [0.5, 0.6) is 0 Å². The fraction of sp³-hybridized carbons (Fsp3) is 0.558. The number of likely N-dealkylation sites (tertiary alicyclic amines) is 1. The highest BCUT2D eigenvalue weighted by Crippen LogP contribution is 2.35. The molecule has 2 amide bonds. The number of benzene rings is 2. The van der Waals surface area contributed by atoms with E-state index in [1.807, 2.05) is 79.6 Å². The van der Waals surface area contributed by atoms with Crippen molar-refractivity contribution in [2.24, 2.45) is 23.5 Å². The highest BCUT2D eigenvalue weighted by Gasteiger charge is 2.43. The molecule has 7 atom stereocenters. The van der Waals surface area contributed by atoms with E-state index < -0.39 is 35.6 Å². The van der Waals surface area contributed by atoms with Crippen molar-refractivity contribution in [1.82, 2.24) is 14.8 Å². The topological polar surface area (TPSA) is 132 Å². The predicted octanol–water partition coefficient (Wildman–Crippen LogP) is 6.64. The van der Waals surface area contributed by atoms with Crippen LogP contribution in [-0.2, 0) is 35.1 Å². The van der Waals surface area contributed by atoms with Gasteiger partial charge in [-0.3, -0.25) is 19.2 Å². The molecule has 11 heteroatoms. The van der Waals surface area contributed by atoms with Gasteiger partial charge in [0.05, 0.1) is 41.3 Å². The minimum absolute atomic E-state index is 0.00719. The van der Waals surface area contributed by atoms with Gasteiger partial charge in [-0.25, -0.2) is 4.98 Å². The lowest BCUT2D eigenvalue weighted by atomic mass is 9.84. The number of nitrogens with two attached hydrogens (primary N) is 1. The molecule has 2 heterocycles. The number of Topliss-reactive ketones (excluding diaryl/α,β-unsaturated/α-hetero) is 2. The van der Waals surface area contributed by atoms with Crippen LogP contribution >= 0.6 is 11.3 Å². The minimum Gasteiger partial charge on any atom is -0.379 e. The van der Waals surface area contributed by atoms with E-state index in [4.69, 9.17) is 15.2 Å². The molecule has 294 valence electrons. The highest BCUT2D eigenvalue weighted by molar-refractivity contribution is 7.09. The van der Waals surface area contributed by atoms with Crippen molar-refractivity contribution in [2.75, 3.05) is 27.8 Å². The summed E-state index contributed by atoms with van der Waals surface area (Å²) in [6.45, 7) is 9.61. The lowest BCUT2D eigenvalue weighted by Gasteiger charge is -2.38. The van der Waals surface area contributed by atoms with E-state index in [0.717, 1.165) is 22.6 Å². The van der Waals surface area contributed by atoms with Crippen LogP contribution in [-0.4, -0.2) is 89.8 Å². The van der Waals surface area contributed by atoms with Crippen molar-refractivity contribution in [1.29, 1.82) is 0 Å². The third kappa shape index (κ3) is 10.9. The van der Waals surface area contributed by atoms with Gasteiger partial charge in [0.25, 0.3) is 0 Å². The number of amides is 2. The Kier molecular flexibility index (Phi) is 15.7. The lowest BCUT2D eigenvalue weighted by Crippen LogP contribution is -2.50. The zero-order chi connectivity index (χ0) is 39.6. The third-order valence-electron chi connectivity index (χ3n) is 11.0. The number of aromatic nitrogens is 1. The largest absolute Gasteiger partial charge is 0.379 e. The number of methoxy groups -OCH3 is 2. The maximum Gasteiger partial charge on any atom is 0.226 e. The maximum absolute atomic E-state index is 14.3. The molecule has 0 bridgehead atoms. The number of carbonyl (C=O) groups is 4. The molecule has 1 aliphatic rings. The fourth-order valence-corrected chi connectivity index (χ4v) is 8.49. The number of likely N-dealkylation sites (N-methyl/N-ethyl adjacent to an activating group) is 1. The molecule has 0 saturated carbocycles. The average molecular weight is 761 g/mol. The van der Waals surface area contributed by atoms with Crippen LogP contribution in [0.2, 0.25) is 0 Å². The van der Waals surface area contributed by atoms with Crippen LogP contribution in [0.3, 0.4) is 0 Å². The number of carbonyl (C=O) groups excluding carboxylic acids is 4. The second-order valence-corrected chi connectivity index (χ2v) is 16.6. The van der Waals surface area contributed by atoms with Crippen molar-refractivity contribution in [3.63, 3.8) is 0 Å². The van der Waals surface area contributed by atoms with E-state index in [1.165, 1.54) is 0 Å². The number of rotatable bonds is 20. The Morgan fingerprint density at radius 3 is 2.17 bits per heavy atom. The average Bonchev–Trinajstić information content (AvgIpc) is 3.87. The number of ketones is 2.